The standard InChI is InChI=1S/C23H25FN6O2/c1-15-13-29(14-26-15)22-19(31-2)11-16(12-25-22)3-8-20-27-23-21(32-10-9-30(23)28-20)17-4-6-18(24)7-5-17/h3-8,11-14,20-21,23,27-28H,9-10H2,1-2H3/b8-3+. The zero-order chi connectivity index (χ0) is 22.1. The van der Waals surface area contributed by atoms with Gasteiger partial charge in [-0.2, -0.15) is 0 Å². The Kier molecular flexibility index (Phi) is 5.71. The number of imidazole rings is 1. The highest BCUT2D eigenvalue weighted by molar-refractivity contribution is 5.55. The number of ether oxygens (including phenoxy) is 2. The summed E-state index contributed by atoms with van der Waals surface area (Å²) >= 11 is 0. The van der Waals surface area contributed by atoms with Crippen LogP contribution in [0.25, 0.3) is 11.9 Å². The number of aryl methyl sites for hydroxylation is 1. The molecule has 8 nitrogen and oxygen atoms in total. The zero-order valence-corrected chi connectivity index (χ0v) is 17.9. The third-order valence-corrected chi connectivity index (χ3v) is 5.62. The van der Waals surface area contributed by atoms with Crippen LogP contribution in [0, 0.1) is 12.7 Å². The van der Waals surface area contributed by atoms with Gasteiger partial charge in [0.1, 0.15) is 24.4 Å². The fraction of sp³-hybridized carbons (Fsp3) is 0.304. The molecule has 2 aliphatic heterocycles. The number of methoxy groups -OCH3 is 1. The number of halogens is 1. The number of morpholine rings is 1. The van der Waals surface area contributed by atoms with Gasteiger partial charge >= 0.3 is 0 Å². The molecule has 166 valence electrons. The average molecular weight is 436 g/mol. The number of hydrazine groups is 1. The summed E-state index contributed by atoms with van der Waals surface area (Å²) in [6, 6.07) is 8.42. The molecule has 0 aliphatic carbocycles. The van der Waals surface area contributed by atoms with Crippen molar-refractivity contribution < 1.29 is 13.9 Å². The van der Waals surface area contributed by atoms with Crippen LogP contribution in [0.2, 0.25) is 0 Å². The van der Waals surface area contributed by atoms with Gasteiger partial charge in [-0.15, -0.1) is 0 Å². The Morgan fingerprint density at radius 2 is 2.09 bits per heavy atom. The minimum Gasteiger partial charge on any atom is -0.493 e. The van der Waals surface area contributed by atoms with E-state index in [-0.39, 0.29) is 24.3 Å². The summed E-state index contributed by atoms with van der Waals surface area (Å²) in [7, 11) is 1.63. The van der Waals surface area contributed by atoms with Gasteiger partial charge in [-0.05, 0) is 36.2 Å². The van der Waals surface area contributed by atoms with Gasteiger partial charge in [0, 0.05) is 18.9 Å². The van der Waals surface area contributed by atoms with Gasteiger partial charge < -0.3 is 9.47 Å². The van der Waals surface area contributed by atoms with E-state index in [9.17, 15) is 4.39 Å². The van der Waals surface area contributed by atoms with Gasteiger partial charge in [0.25, 0.3) is 0 Å². The molecule has 2 N–H and O–H groups in total. The average Bonchev–Trinajstić information content (AvgIpc) is 3.43. The molecule has 2 saturated heterocycles. The lowest BCUT2D eigenvalue weighted by Crippen LogP contribution is -2.50. The summed E-state index contributed by atoms with van der Waals surface area (Å²) in [5.74, 6) is 1.11. The van der Waals surface area contributed by atoms with Crippen molar-refractivity contribution in [2.45, 2.75) is 25.4 Å². The first-order valence-corrected chi connectivity index (χ1v) is 10.5. The second-order valence-electron chi connectivity index (χ2n) is 7.83. The van der Waals surface area contributed by atoms with Crippen LogP contribution in [-0.4, -0.2) is 52.1 Å². The quantitative estimate of drug-likeness (QED) is 0.637. The van der Waals surface area contributed by atoms with Crippen molar-refractivity contribution in [3.05, 3.63) is 77.8 Å². The van der Waals surface area contributed by atoms with Gasteiger partial charge in [0.15, 0.2) is 11.6 Å². The SMILES string of the molecule is COc1cc(/C=C/C2NC3C(c4ccc(F)cc4)OCCN3N2)cnc1-n1cnc(C)c1. The minimum absolute atomic E-state index is 0.0524. The van der Waals surface area contributed by atoms with Crippen molar-refractivity contribution in [2.75, 3.05) is 20.3 Å². The van der Waals surface area contributed by atoms with E-state index < -0.39 is 0 Å². The number of hydrogen-bond donors (Lipinski definition) is 2. The first kappa shape index (κ1) is 20.8. The Morgan fingerprint density at radius 3 is 2.84 bits per heavy atom. The van der Waals surface area contributed by atoms with Gasteiger partial charge in [0.2, 0.25) is 0 Å². The van der Waals surface area contributed by atoms with Gasteiger partial charge in [0.05, 0.1) is 25.6 Å². The number of pyridine rings is 1. The highest BCUT2D eigenvalue weighted by Gasteiger charge is 2.39. The highest BCUT2D eigenvalue weighted by atomic mass is 19.1. The summed E-state index contributed by atoms with van der Waals surface area (Å²) in [6.45, 7) is 3.29. The predicted octanol–water partition coefficient (Wildman–Crippen LogP) is 2.57. The van der Waals surface area contributed by atoms with Crippen LogP contribution in [0.4, 0.5) is 4.39 Å². The summed E-state index contributed by atoms with van der Waals surface area (Å²) < 4.78 is 26.7. The highest BCUT2D eigenvalue weighted by Crippen LogP contribution is 2.29. The predicted molar refractivity (Wildman–Crippen MR) is 117 cm³/mol. The number of rotatable bonds is 5. The molecule has 9 heteroatoms. The number of nitrogens with one attached hydrogen (secondary N) is 2. The van der Waals surface area contributed by atoms with Crippen molar-refractivity contribution >= 4 is 6.08 Å². The Balaban J connectivity index is 1.30. The fourth-order valence-electron chi connectivity index (χ4n) is 4.06. The van der Waals surface area contributed by atoms with Crippen LogP contribution in [-0.2, 0) is 4.74 Å². The molecule has 0 radical (unpaired) electrons. The third-order valence-electron chi connectivity index (χ3n) is 5.62. The van der Waals surface area contributed by atoms with Crippen LogP contribution < -0.4 is 15.5 Å². The fourth-order valence-corrected chi connectivity index (χ4v) is 4.06. The topological polar surface area (TPSA) is 76.5 Å². The maximum absolute atomic E-state index is 13.3. The molecule has 0 spiro atoms. The van der Waals surface area contributed by atoms with Crippen LogP contribution in [0.5, 0.6) is 5.75 Å². The van der Waals surface area contributed by atoms with Crippen LogP contribution in [0.1, 0.15) is 22.9 Å². The molecule has 4 heterocycles. The summed E-state index contributed by atoms with van der Waals surface area (Å²) in [4.78, 5) is 8.80. The first-order chi connectivity index (χ1) is 15.6. The normalized spacial score (nSPS) is 23.5. The van der Waals surface area contributed by atoms with Gasteiger partial charge in [-0.1, -0.05) is 24.3 Å². The van der Waals surface area contributed by atoms with Crippen LogP contribution >= 0.6 is 0 Å². The van der Waals surface area contributed by atoms with E-state index in [0.717, 1.165) is 23.4 Å². The number of hydrogen-bond acceptors (Lipinski definition) is 7. The summed E-state index contributed by atoms with van der Waals surface area (Å²) in [6.07, 6.45) is 9.15. The molecule has 32 heavy (non-hydrogen) atoms. The second kappa shape index (κ2) is 8.79. The van der Waals surface area contributed by atoms with Crippen molar-refractivity contribution in [1.29, 1.82) is 0 Å². The van der Waals surface area contributed by atoms with Crippen molar-refractivity contribution in [2.24, 2.45) is 0 Å². The lowest BCUT2D eigenvalue weighted by Gasteiger charge is -2.35. The van der Waals surface area contributed by atoms with E-state index in [0.29, 0.717) is 18.2 Å². The molecule has 0 saturated carbocycles. The number of nitrogens with zero attached hydrogens (tertiary/aromatic N) is 4. The molecule has 2 fully saturated rings. The van der Waals surface area contributed by atoms with E-state index in [4.69, 9.17) is 9.47 Å². The van der Waals surface area contributed by atoms with E-state index in [1.165, 1.54) is 12.1 Å². The molecular formula is C23H25FN6O2. The monoisotopic (exact) mass is 436 g/mol. The molecule has 3 unspecified atom stereocenters. The molecule has 0 bridgehead atoms. The molecule has 3 aromatic rings. The van der Waals surface area contributed by atoms with Crippen LogP contribution in [0.15, 0.2) is 55.1 Å². The third kappa shape index (κ3) is 4.15. The van der Waals surface area contributed by atoms with Crippen molar-refractivity contribution in [3.8, 4) is 11.6 Å². The van der Waals surface area contributed by atoms with Crippen molar-refractivity contribution in [1.82, 2.24) is 30.3 Å². The maximum Gasteiger partial charge on any atom is 0.180 e. The largest absolute Gasteiger partial charge is 0.493 e. The molecular weight excluding hydrogens is 411 g/mol. The first-order valence-electron chi connectivity index (χ1n) is 10.5. The Hall–Kier alpha value is -3.11. The molecule has 5 rings (SSSR count). The Labute approximate surface area is 185 Å². The second-order valence-corrected chi connectivity index (χ2v) is 7.83. The maximum atomic E-state index is 13.3. The molecule has 3 atom stereocenters. The Morgan fingerprint density at radius 1 is 1.25 bits per heavy atom. The number of fused-ring (bicyclic) bond motifs is 1. The zero-order valence-electron chi connectivity index (χ0n) is 17.9. The smallest absolute Gasteiger partial charge is 0.180 e. The molecule has 1 aromatic carbocycles. The summed E-state index contributed by atoms with van der Waals surface area (Å²) in [5.41, 5.74) is 6.24. The van der Waals surface area contributed by atoms with Gasteiger partial charge in [-0.25, -0.2) is 24.8 Å². The molecule has 2 aromatic heterocycles. The lowest BCUT2D eigenvalue weighted by molar-refractivity contribution is -0.0769. The van der Waals surface area contributed by atoms with Gasteiger partial charge in [-0.3, -0.25) is 9.88 Å². The van der Waals surface area contributed by atoms with E-state index in [2.05, 4.69) is 25.7 Å². The van der Waals surface area contributed by atoms with Crippen molar-refractivity contribution in [3.63, 3.8) is 0 Å². The minimum atomic E-state index is -0.252. The van der Waals surface area contributed by atoms with E-state index >= 15 is 0 Å². The van der Waals surface area contributed by atoms with Crippen LogP contribution in [0.3, 0.4) is 0 Å². The lowest BCUT2D eigenvalue weighted by atomic mass is 10.1. The van der Waals surface area contributed by atoms with E-state index in [1.54, 1.807) is 31.8 Å². The Bertz CT molecular complexity index is 1120. The van der Waals surface area contributed by atoms with E-state index in [1.807, 2.05) is 35.9 Å². The molecule has 2 aliphatic rings. The molecule has 0 amide bonds. The number of aromatic nitrogens is 3. The number of benzene rings is 1. The summed E-state index contributed by atoms with van der Waals surface area (Å²) in [5, 5.41) is 5.67.